The third-order valence-corrected chi connectivity index (χ3v) is 3.81. The Labute approximate surface area is 103 Å². The van der Waals surface area contributed by atoms with Crippen molar-refractivity contribution in [1.29, 1.82) is 0 Å². The smallest absolute Gasteiger partial charge is 0.127 e. The monoisotopic (exact) mass is 235 g/mol. The van der Waals surface area contributed by atoms with Gasteiger partial charge in [0.25, 0.3) is 0 Å². The molecule has 1 aliphatic rings. The maximum atomic E-state index is 13.6. The third-order valence-electron chi connectivity index (χ3n) is 3.81. The van der Waals surface area contributed by atoms with Crippen LogP contribution in [0.1, 0.15) is 50.6 Å². The Morgan fingerprint density at radius 3 is 2.65 bits per heavy atom. The zero-order valence-electron chi connectivity index (χ0n) is 10.6. The van der Waals surface area contributed by atoms with E-state index in [-0.39, 0.29) is 11.9 Å². The first-order chi connectivity index (χ1) is 8.27. The van der Waals surface area contributed by atoms with Crippen molar-refractivity contribution in [1.82, 2.24) is 5.32 Å². The van der Waals surface area contributed by atoms with Crippen LogP contribution in [0.5, 0.6) is 0 Å². The lowest BCUT2D eigenvalue weighted by Gasteiger charge is -2.24. The predicted molar refractivity (Wildman–Crippen MR) is 69.4 cm³/mol. The van der Waals surface area contributed by atoms with Crippen molar-refractivity contribution in [3.05, 3.63) is 35.6 Å². The molecule has 1 aliphatic carbocycles. The van der Waals surface area contributed by atoms with Crippen molar-refractivity contribution in [2.45, 2.75) is 45.1 Å². The van der Waals surface area contributed by atoms with Crippen molar-refractivity contribution in [3.63, 3.8) is 0 Å². The first kappa shape index (κ1) is 12.6. The molecule has 2 rings (SSSR count). The van der Waals surface area contributed by atoms with E-state index in [1.54, 1.807) is 6.07 Å². The first-order valence-corrected chi connectivity index (χ1v) is 6.75. The summed E-state index contributed by atoms with van der Waals surface area (Å²) >= 11 is 0. The van der Waals surface area contributed by atoms with Crippen LogP contribution in [-0.4, -0.2) is 6.54 Å². The predicted octanol–water partition coefficient (Wildman–Crippen LogP) is 4.06. The van der Waals surface area contributed by atoms with Gasteiger partial charge in [0.05, 0.1) is 0 Å². The van der Waals surface area contributed by atoms with E-state index in [0.717, 1.165) is 18.0 Å². The molecule has 0 spiro atoms. The quantitative estimate of drug-likeness (QED) is 0.830. The molecule has 0 radical (unpaired) electrons. The second-order valence-electron chi connectivity index (χ2n) is 5.16. The van der Waals surface area contributed by atoms with Crippen molar-refractivity contribution in [2.24, 2.45) is 5.92 Å². The molecule has 1 saturated carbocycles. The Hall–Kier alpha value is -0.890. The average molecular weight is 235 g/mol. The largest absolute Gasteiger partial charge is 0.310 e. The molecule has 1 nitrogen and oxygen atoms in total. The topological polar surface area (TPSA) is 12.0 Å². The zero-order chi connectivity index (χ0) is 12.1. The Morgan fingerprint density at radius 2 is 1.94 bits per heavy atom. The van der Waals surface area contributed by atoms with Crippen LogP contribution in [0.2, 0.25) is 0 Å². The van der Waals surface area contributed by atoms with Crippen LogP contribution in [0, 0.1) is 11.7 Å². The molecule has 1 aromatic carbocycles. The van der Waals surface area contributed by atoms with Crippen LogP contribution >= 0.6 is 0 Å². The highest BCUT2D eigenvalue weighted by molar-refractivity contribution is 5.20. The molecule has 0 bridgehead atoms. The molecule has 1 N–H and O–H groups in total. The Kier molecular flexibility index (Phi) is 4.55. The second-order valence-corrected chi connectivity index (χ2v) is 5.16. The maximum absolute atomic E-state index is 13.6. The second kappa shape index (κ2) is 6.15. The van der Waals surface area contributed by atoms with Gasteiger partial charge in [-0.15, -0.1) is 0 Å². The standard InChI is InChI=1S/C15H22FN/c1-12(14-9-5-6-10-15(14)16)17-11-13-7-3-2-4-8-13/h5-6,9-10,12-13,17H,2-4,7-8,11H2,1H3/t12-/m1/s1. The van der Waals surface area contributed by atoms with Gasteiger partial charge in [-0.2, -0.15) is 0 Å². The van der Waals surface area contributed by atoms with E-state index >= 15 is 0 Å². The highest BCUT2D eigenvalue weighted by Gasteiger charge is 2.15. The Morgan fingerprint density at radius 1 is 1.24 bits per heavy atom. The van der Waals surface area contributed by atoms with E-state index in [2.05, 4.69) is 5.32 Å². The van der Waals surface area contributed by atoms with Crippen LogP contribution in [0.3, 0.4) is 0 Å². The van der Waals surface area contributed by atoms with Crippen molar-refractivity contribution in [2.75, 3.05) is 6.54 Å². The minimum atomic E-state index is -0.101. The lowest BCUT2D eigenvalue weighted by molar-refractivity contribution is 0.330. The first-order valence-electron chi connectivity index (χ1n) is 6.75. The van der Waals surface area contributed by atoms with E-state index in [9.17, 15) is 4.39 Å². The number of nitrogens with one attached hydrogen (secondary N) is 1. The van der Waals surface area contributed by atoms with Crippen molar-refractivity contribution < 1.29 is 4.39 Å². The number of halogens is 1. The SMILES string of the molecule is C[C@@H](NCC1CCCCC1)c1ccccc1F. The summed E-state index contributed by atoms with van der Waals surface area (Å²) in [6.45, 7) is 3.07. The average Bonchev–Trinajstić information content (AvgIpc) is 2.38. The van der Waals surface area contributed by atoms with Crippen molar-refractivity contribution in [3.8, 4) is 0 Å². The zero-order valence-corrected chi connectivity index (χ0v) is 10.6. The molecule has 0 amide bonds. The molecule has 0 aliphatic heterocycles. The summed E-state index contributed by atoms with van der Waals surface area (Å²) in [5, 5.41) is 3.47. The lowest BCUT2D eigenvalue weighted by Crippen LogP contribution is -2.27. The molecule has 1 atom stereocenters. The summed E-state index contributed by atoms with van der Waals surface area (Å²) < 4.78 is 13.6. The van der Waals surface area contributed by atoms with E-state index in [1.165, 1.54) is 38.2 Å². The molecule has 94 valence electrons. The number of benzene rings is 1. The molecule has 2 heteroatoms. The minimum Gasteiger partial charge on any atom is -0.310 e. The molecular weight excluding hydrogens is 213 g/mol. The fourth-order valence-corrected chi connectivity index (χ4v) is 2.67. The van der Waals surface area contributed by atoms with Crippen molar-refractivity contribution >= 4 is 0 Å². The highest BCUT2D eigenvalue weighted by Crippen LogP contribution is 2.24. The summed E-state index contributed by atoms with van der Waals surface area (Å²) in [6.07, 6.45) is 6.77. The van der Waals surface area contributed by atoms with E-state index in [0.29, 0.717) is 0 Å². The van der Waals surface area contributed by atoms with Crippen LogP contribution < -0.4 is 5.32 Å². The van der Waals surface area contributed by atoms with E-state index in [1.807, 2.05) is 19.1 Å². The van der Waals surface area contributed by atoms with Crippen LogP contribution in [0.15, 0.2) is 24.3 Å². The van der Waals surface area contributed by atoms with Crippen LogP contribution in [0.4, 0.5) is 4.39 Å². The van der Waals surface area contributed by atoms with Crippen LogP contribution in [-0.2, 0) is 0 Å². The molecule has 0 heterocycles. The Balaban J connectivity index is 1.84. The molecular formula is C15H22FN. The lowest BCUT2D eigenvalue weighted by atomic mass is 9.89. The van der Waals surface area contributed by atoms with E-state index < -0.39 is 0 Å². The molecule has 0 unspecified atom stereocenters. The van der Waals surface area contributed by atoms with Gasteiger partial charge in [0.2, 0.25) is 0 Å². The fourth-order valence-electron chi connectivity index (χ4n) is 2.67. The third kappa shape index (κ3) is 3.53. The van der Waals surface area contributed by atoms with E-state index in [4.69, 9.17) is 0 Å². The van der Waals surface area contributed by atoms with Gasteiger partial charge >= 0.3 is 0 Å². The molecule has 0 aromatic heterocycles. The Bertz CT molecular complexity index is 345. The van der Waals surface area contributed by atoms with Gasteiger partial charge in [-0.25, -0.2) is 4.39 Å². The summed E-state index contributed by atoms with van der Waals surface area (Å²) in [6, 6.07) is 7.16. The normalized spacial score (nSPS) is 19.2. The highest BCUT2D eigenvalue weighted by atomic mass is 19.1. The van der Waals surface area contributed by atoms with Gasteiger partial charge in [-0.05, 0) is 38.3 Å². The van der Waals surface area contributed by atoms with Gasteiger partial charge < -0.3 is 5.32 Å². The van der Waals surface area contributed by atoms with Gasteiger partial charge in [-0.3, -0.25) is 0 Å². The van der Waals surface area contributed by atoms with Gasteiger partial charge in [0.15, 0.2) is 0 Å². The van der Waals surface area contributed by atoms with Gasteiger partial charge in [-0.1, -0.05) is 37.5 Å². The molecule has 0 saturated heterocycles. The molecule has 17 heavy (non-hydrogen) atoms. The summed E-state index contributed by atoms with van der Waals surface area (Å²) in [4.78, 5) is 0. The minimum absolute atomic E-state index is 0.101. The molecule has 1 fully saturated rings. The number of hydrogen-bond donors (Lipinski definition) is 1. The summed E-state index contributed by atoms with van der Waals surface area (Å²) in [5.74, 6) is 0.689. The molecule has 1 aromatic rings. The number of rotatable bonds is 4. The fraction of sp³-hybridized carbons (Fsp3) is 0.600. The summed E-state index contributed by atoms with van der Waals surface area (Å²) in [7, 11) is 0. The maximum Gasteiger partial charge on any atom is 0.127 e. The van der Waals surface area contributed by atoms with Crippen LogP contribution in [0.25, 0.3) is 0 Å². The number of hydrogen-bond acceptors (Lipinski definition) is 1. The summed E-state index contributed by atoms with van der Waals surface area (Å²) in [5.41, 5.74) is 0.781. The van der Waals surface area contributed by atoms with Gasteiger partial charge in [0, 0.05) is 11.6 Å². The van der Waals surface area contributed by atoms with Gasteiger partial charge in [0.1, 0.15) is 5.82 Å².